The molecular weight excluding hydrogens is 288 g/mol. The van der Waals surface area contributed by atoms with Crippen LogP contribution in [0.4, 0.5) is 17.6 Å². The Morgan fingerprint density at radius 1 is 1.14 bits per heavy atom. The molecule has 2 rings (SSSR count). The fourth-order valence-corrected chi connectivity index (χ4v) is 1.73. The van der Waals surface area contributed by atoms with Crippen molar-refractivity contribution in [2.24, 2.45) is 5.73 Å². The van der Waals surface area contributed by atoms with E-state index in [1.165, 1.54) is 18.5 Å². The van der Waals surface area contributed by atoms with Crippen molar-refractivity contribution >= 4 is 0 Å². The molecule has 2 heterocycles. The third-order valence-electron chi connectivity index (χ3n) is 2.82. The number of hydrogen-bond donors (Lipinski definition) is 1. The summed E-state index contributed by atoms with van der Waals surface area (Å²) in [5.74, 6) is -3.76. The summed E-state index contributed by atoms with van der Waals surface area (Å²) in [6.07, 6.45) is 0.682. The monoisotopic (exact) mass is 300 g/mol. The van der Waals surface area contributed by atoms with Gasteiger partial charge in [-0.15, -0.1) is 0 Å². The lowest BCUT2D eigenvalue weighted by Gasteiger charge is -2.10. The maximum atomic E-state index is 13.0. The topological polar surface area (TPSA) is 64.7 Å². The van der Waals surface area contributed by atoms with E-state index in [9.17, 15) is 17.6 Å². The van der Waals surface area contributed by atoms with Gasteiger partial charge in [-0.1, -0.05) is 0 Å². The van der Waals surface area contributed by atoms with Gasteiger partial charge < -0.3 is 5.73 Å². The number of alkyl halides is 4. The second-order valence-electron chi connectivity index (χ2n) is 4.46. The molecule has 8 heteroatoms. The summed E-state index contributed by atoms with van der Waals surface area (Å²) in [5.41, 5.74) is 6.05. The molecule has 4 nitrogen and oxygen atoms in total. The number of aromatic nitrogens is 3. The molecule has 0 atom stereocenters. The molecule has 0 unspecified atom stereocenters. The second kappa shape index (κ2) is 5.72. The summed E-state index contributed by atoms with van der Waals surface area (Å²) < 4.78 is 51.5. The van der Waals surface area contributed by atoms with Crippen LogP contribution in [0.5, 0.6) is 0 Å². The van der Waals surface area contributed by atoms with Crippen LogP contribution in [0.15, 0.2) is 24.7 Å². The predicted molar refractivity (Wildman–Crippen MR) is 67.7 cm³/mol. The zero-order valence-electron chi connectivity index (χ0n) is 11.0. The Kier molecular flexibility index (Phi) is 4.17. The molecule has 0 spiro atoms. The minimum Gasteiger partial charge on any atom is -0.326 e. The first-order chi connectivity index (χ1) is 9.82. The van der Waals surface area contributed by atoms with Crippen molar-refractivity contribution in [1.82, 2.24) is 15.0 Å². The van der Waals surface area contributed by atoms with E-state index in [0.29, 0.717) is 18.2 Å². The summed E-state index contributed by atoms with van der Waals surface area (Å²) in [4.78, 5) is 11.0. The van der Waals surface area contributed by atoms with Gasteiger partial charge in [-0.3, -0.25) is 4.98 Å². The lowest BCUT2D eigenvalue weighted by Crippen LogP contribution is -2.12. The summed E-state index contributed by atoms with van der Waals surface area (Å²) in [7, 11) is 0. The molecule has 0 aliphatic carbocycles. The molecule has 0 saturated carbocycles. The van der Waals surface area contributed by atoms with Crippen molar-refractivity contribution in [3.05, 3.63) is 41.6 Å². The van der Waals surface area contributed by atoms with Gasteiger partial charge in [0.2, 0.25) is 0 Å². The minimum atomic E-state index is -3.14. The first kappa shape index (κ1) is 15.3. The first-order valence-corrected chi connectivity index (χ1v) is 6.00. The Balaban J connectivity index is 2.38. The molecule has 0 aromatic carbocycles. The van der Waals surface area contributed by atoms with Gasteiger partial charge in [0.1, 0.15) is 0 Å². The highest BCUT2D eigenvalue weighted by Crippen LogP contribution is 2.27. The normalized spacial score (nSPS) is 12.0. The molecule has 0 aliphatic heterocycles. The van der Waals surface area contributed by atoms with E-state index in [1.54, 1.807) is 0 Å². The molecule has 0 fully saturated rings. The number of rotatable bonds is 4. The van der Waals surface area contributed by atoms with Crippen molar-refractivity contribution in [1.29, 1.82) is 0 Å². The van der Waals surface area contributed by atoms with Crippen LogP contribution in [-0.4, -0.2) is 15.0 Å². The molecule has 0 aliphatic rings. The molecule has 2 N–H and O–H groups in total. The van der Waals surface area contributed by atoms with Crippen LogP contribution in [0.3, 0.4) is 0 Å². The minimum absolute atomic E-state index is 0.0822. The Hall–Kier alpha value is -2.09. The van der Waals surface area contributed by atoms with Crippen LogP contribution in [0, 0.1) is 0 Å². The maximum Gasteiger partial charge on any atom is 0.303 e. The largest absolute Gasteiger partial charge is 0.326 e. The van der Waals surface area contributed by atoms with E-state index in [2.05, 4.69) is 15.0 Å². The van der Waals surface area contributed by atoms with Gasteiger partial charge in [-0.05, 0) is 11.6 Å². The molecule has 2 aromatic rings. The van der Waals surface area contributed by atoms with Gasteiger partial charge >= 0.3 is 5.92 Å². The Morgan fingerprint density at radius 2 is 1.76 bits per heavy atom. The van der Waals surface area contributed by atoms with Crippen LogP contribution < -0.4 is 5.73 Å². The number of nitrogens with two attached hydrogens (primary N) is 1. The standard InChI is InChI=1S/C13H12F4N4/c1-13(16,17)12-20-4-8(5-21-12)10-2-7(3-18)9(6-19-10)11(14)15/h2,4-6,11H,3,18H2,1H3. The zero-order chi connectivity index (χ0) is 15.6. The van der Waals surface area contributed by atoms with E-state index in [-0.39, 0.29) is 17.7 Å². The van der Waals surface area contributed by atoms with E-state index >= 15 is 0 Å². The zero-order valence-corrected chi connectivity index (χ0v) is 11.0. The highest BCUT2D eigenvalue weighted by molar-refractivity contribution is 5.58. The molecular formula is C13H12F4N4. The first-order valence-electron chi connectivity index (χ1n) is 6.00. The van der Waals surface area contributed by atoms with E-state index in [0.717, 1.165) is 6.20 Å². The predicted octanol–water partition coefficient (Wildman–Crippen LogP) is 3.05. The molecule has 0 radical (unpaired) electrons. The number of halogens is 4. The van der Waals surface area contributed by atoms with Gasteiger partial charge in [-0.25, -0.2) is 18.7 Å². The van der Waals surface area contributed by atoms with Gasteiger partial charge in [0.25, 0.3) is 6.43 Å². The van der Waals surface area contributed by atoms with Crippen LogP contribution in [0.25, 0.3) is 11.3 Å². The summed E-state index contributed by atoms with van der Waals surface area (Å²) in [5, 5.41) is 0. The third kappa shape index (κ3) is 3.33. The smallest absolute Gasteiger partial charge is 0.303 e. The molecule has 0 amide bonds. The fraction of sp³-hybridized carbons (Fsp3) is 0.308. The summed E-state index contributed by atoms with van der Waals surface area (Å²) in [6.45, 7) is 0.603. The lowest BCUT2D eigenvalue weighted by atomic mass is 10.1. The Labute approximate surface area is 118 Å². The summed E-state index contributed by atoms with van der Waals surface area (Å²) in [6, 6.07) is 1.38. The molecule has 0 saturated heterocycles. The maximum absolute atomic E-state index is 13.0. The Bertz CT molecular complexity index is 623. The van der Waals surface area contributed by atoms with Gasteiger partial charge in [0, 0.05) is 43.2 Å². The van der Waals surface area contributed by atoms with Gasteiger partial charge in [-0.2, -0.15) is 8.78 Å². The van der Waals surface area contributed by atoms with E-state index < -0.39 is 18.2 Å². The second-order valence-corrected chi connectivity index (χ2v) is 4.46. The van der Waals surface area contributed by atoms with E-state index in [1.807, 2.05) is 0 Å². The quantitative estimate of drug-likeness (QED) is 0.881. The van der Waals surface area contributed by atoms with Crippen molar-refractivity contribution in [2.45, 2.75) is 25.8 Å². The number of nitrogens with zero attached hydrogens (tertiary/aromatic N) is 3. The molecule has 21 heavy (non-hydrogen) atoms. The van der Waals surface area contributed by atoms with Crippen molar-refractivity contribution in [3.63, 3.8) is 0 Å². The van der Waals surface area contributed by atoms with Crippen LogP contribution in [0.2, 0.25) is 0 Å². The van der Waals surface area contributed by atoms with Crippen LogP contribution in [0.1, 0.15) is 30.3 Å². The van der Waals surface area contributed by atoms with Gasteiger partial charge in [0.15, 0.2) is 5.82 Å². The molecule has 0 bridgehead atoms. The SMILES string of the molecule is CC(F)(F)c1ncc(-c2cc(CN)c(C(F)F)cn2)cn1. The highest BCUT2D eigenvalue weighted by atomic mass is 19.3. The third-order valence-corrected chi connectivity index (χ3v) is 2.82. The number of pyridine rings is 1. The summed E-state index contributed by atoms with van der Waals surface area (Å²) >= 11 is 0. The Morgan fingerprint density at radius 3 is 2.24 bits per heavy atom. The van der Waals surface area contributed by atoms with Crippen LogP contribution >= 0.6 is 0 Å². The highest BCUT2D eigenvalue weighted by Gasteiger charge is 2.27. The lowest BCUT2D eigenvalue weighted by molar-refractivity contribution is 0.00770. The van der Waals surface area contributed by atoms with Gasteiger partial charge in [0.05, 0.1) is 5.69 Å². The van der Waals surface area contributed by atoms with Crippen molar-refractivity contribution in [3.8, 4) is 11.3 Å². The molecule has 2 aromatic heterocycles. The average Bonchev–Trinajstić information content (AvgIpc) is 2.45. The van der Waals surface area contributed by atoms with E-state index in [4.69, 9.17) is 5.73 Å². The van der Waals surface area contributed by atoms with Crippen molar-refractivity contribution in [2.75, 3.05) is 0 Å². The van der Waals surface area contributed by atoms with Crippen molar-refractivity contribution < 1.29 is 17.6 Å². The molecule has 112 valence electrons. The number of hydrogen-bond acceptors (Lipinski definition) is 4. The fourth-order valence-electron chi connectivity index (χ4n) is 1.73. The van der Waals surface area contributed by atoms with Crippen LogP contribution in [-0.2, 0) is 12.5 Å². The average molecular weight is 300 g/mol.